The number of halogens is 1. The molecule has 5 N–H and O–H groups in total. The summed E-state index contributed by atoms with van der Waals surface area (Å²) in [5, 5.41) is 20.6. The molecule has 1 aliphatic heterocycles. The molecule has 6 rings (SSSR count). The zero-order valence-corrected chi connectivity index (χ0v) is 32.8. The fourth-order valence-corrected chi connectivity index (χ4v) is 6.02. The summed E-state index contributed by atoms with van der Waals surface area (Å²) >= 11 is 0. The first-order valence-electron chi connectivity index (χ1n) is 18.4. The molecule has 1 atom stereocenters. The lowest BCUT2D eigenvalue weighted by Gasteiger charge is -2.22. The number of ether oxygens (including phenoxy) is 2. The van der Waals surface area contributed by atoms with Crippen LogP contribution in [0, 0.1) is 0 Å². The molecule has 57 heavy (non-hydrogen) atoms. The molecule has 5 aromatic rings. The van der Waals surface area contributed by atoms with E-state index in [9.17, 15) is 19.2 Å². The van der Waals surface area contributed by atoms with Gasteiger partial charge in [-0.3, -0.25) is 28.7 Å². The monoisotopic (exact) mass is 800 g/mol. The quantitative estimate of drug-likeness (QED) is 0.0719. The zero-order chi connectivity index (χ0) is 40.1. The molecule has 3 amide bonds. The van der Waals surface area contributed by atoms with E-state index >= 15 is 0 Å². The third-order valence-electron chi connectivity index (χ3n) is 9.04. The Morgan fingerprint density at radius 3 is 2.19 bits per heavy atom. The van der Waals surface area contributed by atoms with Crippen molar-refractivity contribution >= 4 is 41.6 Å². The van der Waals surface area contributed by atoms with Crippen molar-refractivity contribution in [2.75, 3.05) is 19.8 Å². The number of Topliss-reactive ketones (excluding diaryl/α,β-unsaturated/α-hetero) is 1. The summed E-state index contributed by atoms with van der Waals surface area (Å²) in [4.78, 5) is 59.4. The van der Waals surface area contributed by atoms with Gasteiger partial charge < -0.3 is 30.7 Å². The number of aliphatic hydroxyl groups excluding tert-OH is 2. The molecule has 0 saturated heterocycles. The third-order valence-corrected chi connectivity index (χ3v) is 9.04. The van der Waals surface area contributed by atoms with E-state index in [-0.39, 0.29) is 75.3 Å². The number of hydrogen-bond donors (Lipinski definition) is 4. The number of pyridine rings is 2. The number of hydrogen-bond acceptors (Lipinski definition) is 11. The summed E-state index contributed by atoms with van der Waals surface area (Å²) < 4.78 is 13.3. The highest BCUT2D eigenvalue weighted by Gasteiger charge is 2.35. The van der Waals surface area contributed by atoms with Crippen LogP contribution in [0.15, 0.2) is 97.2 Å². The molecule has 3 aromatic heterocycles. The van der Waals surface area contributed by atoms with E-state index in [1.54, 1.807) is 62.5 Å². The number of carbonyl (C=O) groups is 4. The molecule has 0 bridgehead atoms. The second kappa shape index (κ2) is 21.1. The molecule has 0 radical (unpaired) electrons. The fourth-order valence-electron chi connectivity index (χ4n) is 6.02. The van der Waals surface area contributed by atoms with Gasteiger partial charge in [-0.05, 0) is 68.7 Å². The number of benzene rings is 2. The fraction of sp³-hybridized carbons (Fsp3) is 0.333. The number of amides is 3. The Hall–Kier alpha value is -5.51. The van der Waals surface area contributed by atoms with Crippen LogP contribution < -0.4 is 11.1 Å². The summed E-state index contributed by atoms with van der Waals surface area (Å²) in [6.45, 7) is 4.55. The summed E-state index contributed by atoms with van der Waals surface area (Å²) in [6.07, 6.45) is 2.65. The number of unbranched alkanes of at least 4 members (excludes halogenated alkanes) is 1. The van der Waals surface area contributed by atoms with Crippen LogP contribution in [0.4, 0.5) is 4.79 Å². The molecule has 0 aliphatic carbocycles. The van der Waals surface area contributed by atoms with Gasteiger partial charge in [0.1, 0.15) is 12.4 Å². The maximum Gasteiger partial charge on any atom is 0.407 e. The normalized spacial score (nSPS) is 12.7. The van der Waals surface area contributed by atoms with E-state index < -0.39 is 11.6 Å². The van der Waals surface area contributed by atoms with Gasteiger partial charge >= 0.3 is 6.09 Å². The van der Waals surface area contributed by atoms with Crippen LogP contribution in [0.1, 0.15) is 88.2 Å². The molecule has 1 unspecified atom stereocenters. The topological polar surface area (TPSA) is 199 Å². The van der Waals surface area contributed by atoms with E-state index in [0.717, 1.165) is 16.8 Å². The van der Waals surface area contributed by atoms with Crippen molar-refractivity contribution < 1.29 is 38.9 Å². The number of nitrogens with two attached hydrogens (primary N) is 1. The van der Waals surface area contributed by atoms with E-state index in [2.05, 4.69) is 15.3 Å². The molecular weight excluding hydrogens is 752 g/mol. The van der Waals surface area contributed by atoms with Crippen molar-refractivity contribution in [3.63, 3.8) is 0 Å². The highest BCUT2D eigenvalue weighted by Crippen LogP contribution is 2.26. The number of aliphatic hydroxyl groups is 2. The summed E-state index contributed by atoms with van der Waals surface area (Å²) in [6, 6.07) is 27.4. The van der Waals surface area contributed by atoms with Crippen molar-refractivity contribution in [3.05, 3.63) is 137 Å². The predicted octanol–water partition coefficient (Wildman–Crippen LogP) is 5.12. The van der Waals surface area contributed by atoms with E-state index in [4.69, 9.17) is 25.4 Å². The highest BCUT2D eigenvalue weighted by molar-refractivity contribution is 6.21. The minimum Gasteiger partial charge on any atom is -0.443 e. The van der Waals surface area contributed by atoms with Gasteiger partial charge in [0.25, 0.3) is 11.8 Å². The highest BCUT2D eigenvalue weighted by atomic mass is 35.5. The number of rotatable bonds is 17. The Morgan fingerprint density at radius 2 is 1.53 bits per heavy atom. The Morgan fingerprint density at radius 1 is 0.860 bits per heavy atom. The first-order chi connectivity index (χ1) is 27.0. The Kier molecular flexibility index (Phi) is 16.4. The van der Waals surface area contributed by atoms with Gasteiger partial charge in [-0.2, -0.15) is 0 Å². The van der Waals surface area contributed by atoms with Crippen LogP contribution in [0.3, 0.4) is 0 Å². The summed E-state index contributed by atoms with van der Waals surface area (Å²) in [5.41, 5.74) is 9.62. The Bertz CT molecular complexity index is 2090. The van der Waals surface area contributed by atoms with E-state index in [0.29, 0.717) is 54.3 Å². The maximum absolute atomic E-state index is 12.9. The number of alkyl carbamates (subject to hydrolysis) is 1. The number of imidazole rings is 1. The van der Waals surface area contributed by atoms with Crippen LogP contribution in [0.2, 0.25) is 0 Å². The van der Waals surface area contributed by atoms with Crippen LogP contribution in [0.5, 0.6) is 0 Å². The van der Waals surface area contributed by atoms with Crippen LogP contribution >= 0.6 is 12.4 Å². The molecule has 302 valence electrons. The van der Waals surface area contributed by atoms with E-state index in [1.165, 1.54) is 4.90 Å². The largest absolute Gasteiger partial charge is 0.443 e. The molecule has 0 spiro atoms. The van der Waals surface area contributed by atoms with Crippen LogP contribution in [-0.4, -0.2) is 78.5 Å². The number of fused-ring (bicyclic) bond motifs is 2. The second-order valence-corrected chi connectivity index (χ2v) is 13.9. The smallest absolute Gasteiger partial charge is 0.407 e. The Labute approximate surface area is 337 Å². The summed E-state index contributed by atoms with van der Waals surface area (Å²) in [5.74, 6) is -0.398. The van der Waals surface area contributed by atoms with Crippen molar-refractivity contribution in [1.29, 1.82) is 0 Å². The lowest BCUT2D eigenvalue weighted by molar-refractivity contribution is -0.123. The number of carbonyl (C=O) groups excluding carboxylic acids is 4. The predicted molar refractivity (Wildman–Crippen MR) is 214 cm³/mol. The molecule has 0 fully saturated rings. The van der Waals surface area contributed by atoms with Gasteiger partial charge in [-0.15, -0.1) is 12.4 Å². The van der Waals surface area contributed by atoms with Gasteiger partial charge in [-0.1, -0.05) is 54.6 Å². The first kappa shape index (κ1) is 44.2. The van der Waals surface area contributed by atoms with Crippen molar-refractivity contribution in [1.82, 2.24) is 24.6 Å². The summed E-state index contributed by atoms with van der Waals surface area (Å²) in [7, 11) is 0. The van der Waals surface area contributed by atoms with Crippen molar-refractivity contribution in [2.24, 2.45) is 5.73 Å². The molecule has 15 heteroatoms. The van der Waals surface area contributed by atoms with Crippen molar-refractivity contribution in [2.45, 2.75) is 70.9 Å². The molecule has 1 aliphatic rings. The van der Waals surface area contributed by atoms with Crippen molar-refractivity contribution in [3.8, 4) is 0 Å². The standard InChI is InChI=1S/C27H36N4O5.C15H12N2O3.ClH/c1-27(2,28)24(33)15-21(18-35-17-20-9-4-3-5-10-20)25-30-16-22-11-8-12-23(31(22)25)19-36-26(34)29-13-6-7-14-32;18-9-11-5-3-4-10(16-11)8-17-14(19)12-6-1-2-7-13(12)15(17)20;/h3-5,8-12,16,21,32H,6-7,13-15,17-19,28H2,1-2H3,(H,29,34);1-7,18H,8-9H2;1H. The maximum atomic E-state index is 12.9. The number of nitrogens with zero attached hydrogens (tertiary/aromatic N) is 4. The van der Waals surface area contributed by atoms with Gasteiger partial charge in [0.05, 0.1) is 71.8 Å². The second-order valence-electron chi connectivity index (χ2n) is 13.9. The minimum atomic E-state index is -0.981. The number of imide groups is 1. The molecule has 2 aromatic carbocycles. The number of nitrogens with one attached hydrogen (secondary N) is 1. The first-order valence-corrected chi connectivity index (χ1v) is 18.4. The molecule has 14 nitrogen and oxygen atoms in total. The molecule has 4 heterocycles. The average Bonchev–Trinajstić information content (AvgIpc) is 3.74. The minimum absolute atomic E-state index is 0. The van der Waals surface area contributed by atoms with Gasteiger partial charge in [0, 0.05) is 25.5 Å². The zero-order valence-electron chi connectivity index (χ0n) is 32.0. The molecule has 0 saturated carbocycles. The SMILES string of the molecule is CC(C)(N)C(=O)CC(COCc1ccccc1)c1ncc2cccc(COC(=O)NCCCCO)n12.Cl.O=C1c2ccccc2C(=O)N1Cc1cccc(CO)n1. The van der Waals surface area contributed by atoms with Gasteiger partial charge in [0.2, 0.25) is 0 Å². The lowest BCUT2D eigenvalue weighted by Crippen LogP contribution is -2.42. The number of aromatic nitrogens is 3. The van der Waals surface area contributed by atoms with Gasteiger partial charge in [0.15, 0.2) is 5.78 Å². The van der Waals surface area contributed by atoms with E-state index in [1.807, 2.05) is 52.9 Å². The lowest BCUT2D eigenvalue weighted by atomic mass is 9.91. The third kappa shape index (κ3) is 12.0. The Balaban J connectivity index is 0.000000288. The van der Waals surface area contributed by atoms with Crippen LogP contribution in [0.25, 0.3) is 5.52 Å². The van der Waals surface area contributed by atoms with Crippen LogP contribution in [-0.2, 0) is 40.6 Å². The average molecular weight is 801 g/mol. The molecular formula is C42H49ClN6O8. The number of ketones is 1. The van der Waals surface area contributed by atoms with Gasteiger partial charge in [-0.25, -0.2) is 9.78 Å².